The second-order valence-electron chi connectivity index (χ2n) is 4.44. The van der Waals surface area contributed by atoms with E-state index in [4.69, 9.17) is 9.47 Å². The lowest BCUT2D eigenvalue weighted by molar-refractivity contribution is 0.0821. The van der Waals surface area contributed by atoms with Crippen LogP contribution < -0.4 is 4.90 Å². The highest BCUT2D eigenvalue weighted by molar-refractivity contribution is 7.15. The zero-order chi connectivity index (χ0) is 13.0. The first kappa shape index (κ1) is 13.7. The smallest absolute Gasteiger partial charge is 0.186 e. The van der Waals surface area contributed by atoms with Gasteiger partial charge in [0.1, 0.15) is 0 Å². The Morgan fingerprint density at radius 2 is 2.44 bits per heavy atom. The van der Waals surface area contributed by atoms with Gasteiger partial charge in [-0.2, -0.15) is 0 Å². The first-order valence-electron chi connectivity index (χ1n) is 6.19. The standard InChI is InChI=1S/C12H20N2O3S/c1-9-6-14(4-3-5-17-9)12-13-10(8-16-2)11(7-15)18-12/h9,15H,3-8H2,1-2H3. The number of aliphatic hydroxyl groups excluding tert-OH is 1. The average molecular weight is 272 g/mol. The van der Waals surface area contributed by atoms with Gasteiger partial charge in [-0.05, 0) is 13.3 Å². The topological polar surface area (TPSA) is 54.8 Å². The van der Waals surface area contributed by atoms with Crippen LogP contribution in [0.25, 0.3) is 0 Å². The number of rotatable bonds is 4. The third-order valence-electron chi connectivity index (χ3n) is 2.91. The number of ether oxygens (including phenoxy) is 2. The SMILES string of the molecule is COCc1nc(N2CCCOC(C)C2)sc1CO. The molecule has 5 nitrogen and oxygen atoms in total. The lowest BCUT2D eigenvalue weighted by Gasteiger charge is -2.20. The summed E-state index contributed by atoms with van der Waals surface area (Å²) in [7, 11) is 1.64. The Morgan fingerprint density at radius 3 is 3.17 bits per heavy atom. The molecule has 18 heavy (non-hydrogen) atoms. The number of hydrogen-bond donors (Lipinski definition) is 1. The minimum Gasteiger partial charge on any atom is -0.391 e. The van der Waals surface area contributed by atoms with E-state index in [2.05, 4.69) is 16.8 Å². The fourth-order valence-electron chi connectivity index (χ4n) is 2.05. The minimum atomic E-state index is 0.0241. The van der Waals surface area contributed by atoms with Crippen molar-refractivity contribution in [3.8, 4) is 0 Å². The van der Waals surface area contributed by atoms with Crippen molar-refractivity contribution in [3.63, 3.8) is 0 Å². The molecule has 1 aromatic heterocycles. The van der Waals surface area contributed by atoms with E-state index in [9.17, 15) is 5.11 Å². The number of thiazole rings is 1. The van der Waals surface area contributed by atoms with Crippen LogP contribution in [0.5, 0.6) is 0 Å². The Morgan fingerprint density at radius 1 is 1.61 bits per heavy atom. The van der Waals surface area contributed by atoms with E-state index in [-0.39, 0.29) is 12.7 Å². The lowest BCUT2D eigenvalue weighted by atomic mass is 10.3. The number of hydrogen-bond acceptors (Lipinski definition) is 6. The third-order valence-corrected chi connectivity index (χ3v) is 4.06. The summed E-state index contributed by atoms with van der Waals surface area (Å²) in [6, 6.07) is 0. The van der Waals surface area contributed by atoms with Gasteiger partial charge in [-0.1, -0.05) is 11.3 Å². The van der Waals surface area contributed by atoms with Gasteiger partial charge in [0.15, 0.2) is 5.13 Å². The van der Waals surface area contributed by atoms with Crippen molar-refractivity contribution in [2.24, 2.45) is 0 Å². The maximum atomic E-state index is 9.34. The molecular formula is C12H20N2O3S. The molecule has 1 N–H and O–H groups in total. The van der Waals surface area contributed by atoms with E-state index in [0.29, 0.717) is 6.61 Å². The first-order chi connectivity index (χ1) is 8.74. The summed E-state index contributed by atoms with van der Waals surface area (Å²) in [4.78, 5) is 7.70. The molecule has 1 aliphatic heterocycles. The second kappa shape index (κ2) is 6.47. The van der Waals surface area contributed by atoms with Crippen LogP contribution in [0, 0.1) is 0 Å². The van der Waals surface area contributed by atoms with Crippen LogP contribution in [0.3, 0.4) is 0 Å². The van der Waals surface area contributed by atoms with Gasteiger partial charge in [0.25, 0.3) is 0 Å². The molecule has 0 radical (unpaired) electrons. The summed E-state index contributed by atoms with van der Waals surface area (Å²) in [5, 5.41) is 10.3. The van der Waals surface area contributed by atoms with Gasteiger partial charge in [-0.3, -0.25) is 0 Å². The number of aliphatic hydroxyl groups is 1. The third kappa shape index (κ3) is 3.20. The highest BCUT2D eigenvalue weighted by atomic mass is 32.1. The highest BCUT2D eigenvalue weighted by Gasteiger charge is 2.20. The molecule has 1 atom stereocenters. The molecule has 2 heterocycles. The summed E-state index contributed by atoms with van der Waals surface area (Å²) in [6.45, 7) is 5.16. The van der Waals surface area contributed by atoms with Gasteiger partial charge in [0, 0.05) is 26.8 Å². The number of nitrogens with zero attached hydrogens (tertiary/aromatic N) is 2. The second-order valence-corrected chi connectivity index (χ2v) is 5.50. The van der Waals surface area contributed by atoms with Crippen LogP contribution in [0.15, 0.2) is 0 Å². The maximum Gasteiger partial charge on any atom is 0.186 e. The van der Waals surface area contributed by atoms with E-state index >= 15 is 0 Å². The van der Waals surface area contributed by atoms with E-state index in [1.807, 2.05) is 0 Å². The van der Waals surface area contributed by atoms with Crippen molar-refractivity contribution < 1.29 is 14.6 Å². The molecular weight excluding hydrogens is 252 g/mol. The molecule has 0 spiro atoms. The van der Waals surface area contributed by atoms with Crippen LogP contribution in [-0.2, 0) is 22.7 Å². The number of methoxy groups -OCH3 is 1. The van der Waals surface area contributed by atoms with Crippen molar-refractivity contribution >= 4 is 16.5 Å². The van der Waals surface area contributed by atoms with Gasteiger partial charge in [-0.25, -0.2) is 4.98 Å². The summed E-state index contributed by atoms with van der Waals surface area (Å²) < 4.78 is 10.7. The highest BCUT2D eigenvalue weighted by Crippen LogP contribution is 2.28. The molecule has 0 saturated carbocycles. The Bertz CT molecular complexity index is 383. The van der Waals surface area contributed by atoms with Crippen LogP contribution in [0.1, 0.15) is 23.9 Å². The normalized spacial score (nSPS) is 21.1. The Hall–Kier alpha value is -0.690. The monoisotopic (exact) mass is 272 g/mol. The van der Waals surface area contributed by atoms with Crippen LogP contribution in [0.4, 0.5) is 5.13 Å². The maximum absolute atomic E-state index is 9.34. The molecule has 1 aliphatic rings. The largest absolute Gasteiger partial charge is 0.391 e. The van der Waals surface area contributed by atoms with Crippen LogP contribution in [0.2, 0.25) is 0 Å². The van der Waals surface area contributed by atoms with Gasteiger partial charge < -0.3 is 19.5 Å². The van der Waals surface area contributed by atoms with Crippen LogP contribution >= 0.6 is 11.3 Å². The zero-order valence-corrected chi connectivity index (χ0v) is 11.7. The summed E-state index contributed by atoms with van der Waals surface area (Å²) in [5.74, 6) is 0. The first-order valence-corrected chi connectivity index (χ1v) is 7.01. The Labute approximate surface area is 111 Å². The van der Waals surface area contributed by atoms with Crippen molar-refractivity contribution in [1.29, 1.82) is 0 Å². The lowest BCUT2D eigenvalue weighted by Crippen LogP contribution is -2.29. The quantitative estimate of drug-likeness (QED) is 0.898. The van der Waals surface area contributed by atoms with E-state index in [1.54, 1.807) is 18.4 Å². The zero-order valence-electron chi connectivity index (χ0n) is 10.9. The molecule has 0 aromatic carbocycles. The molecule has 1 aromatic rings. The predicted molar refractivity (Wildman–Crippen MR) is 71.0 cm³/mol. The van der Waals surface area contributed by atoms with Crippen molar-refractivity contribution in [2.75, 3.05) is 31.7 Å². The molecule has 1 saturated heterocycles. The van der Waals surface area contributed by atoms with E-state index in [1.165, 1.54) is 0 Å². The van der Waals surface area contributed by atoms with Crippen molar-refractivity contribution in [1.82, 2.24) is 4.98 Å². The molecule has 6 heteroatoms. The fraction of sp³-hybridized carbons (Fsp3) is 0.750. The fourth-order valence-corrected chi connectivity index (χ4v) is 3.00. The molecule has 0 bridgehead atoms. The number of anilines is 1. The molecule has 0 aliphatic carbocycles. The Balaban J connectivity index is 2.15. The molecule has 2 rings (SSSR count). The summed E-state index contributed by atoms with van der Waals surface area (Å²) in [5.41, 5.74) is 0.845. The molecule has 1 fully saturated rings. The van der Waals surface area contributed by atoms with Gasteiger partial charge >= 0.3 is 0 Å². The minimum absolute atomic E-state index is 0.0241. The average Bonchev–Trinajstić information content (AvgIpc) is 2.64. The van der Waals surface area contributed by atoms with Crippen LogP contribution in [-0.4, -0.2) is 43.0 Å². The summed E-state index contributed by atoms with van der Waals surface area (Å²) in [6.07, 6.45) is 1.23. The van der Waals surface area contributed by atoms with Crippen molar-refractivity contribution in [2.45, 2.75) is 32.7 Å². The molecule has 102 valence electrons. The summed E-state index contributed by atoms with van der Waals surface area (Å²) >= 11 is 1.55. The van der Waals surface area contributed by atoms with Gasteiger partial charge in [0.05, 0.1) is 29.9 Å². The predicted octanol–water partition coefficient (Wildman–Crippen LogP) is 1.40. The molecule has 1 unspecified atom stereocenters. The molecule has 0 amide bonds. The van der Waals surface area contributed by atoms with Gasteiger partial charge in [-0.15, -0.1) is 0 Å². The number of aromatic nitrogens is 1. The Kier molecular flexibility index (Phi) is 4.94. The van der Waals surface area contributed by atoms with Gasteiger partial charge in [0.2, 0.25) is 0 Å². The van der Waals surface area contributed by atoms with E-state index in [0.717, 1.165) is 41.8 Å². The van der Waals surface area contributed by atoms with E-state index < -0.39 is 0 Å². The van der Waals surface area contributed by atoms with Crippen molar-refractivity contribution in [3.05, 3.63) is 10.6 Å².